The van der Waals surface area contributed by atoms with Crippen molar-refractivity contribution in [3.63, 3.8) is 0 Å². The van der Waals surface area contributed by atoms with Gasteiger partial charge in [0.25, 0.3) is 0 Å². The van der Waals surface area contributed by atoms with Crippen molar-refractivity contribution in [2.75, 3.05) is 40.4 Å². The first kappa shape index (κ1) is 25.2. The smallest absolute Gasteiger partial charge is 0.228 e. The summed E-state index contributed by atoms with van der Waals surface area (Å²) in [4.78, 5) is 11.3. The summed E-state index contributed by atoms with van der Waals surface area (Å²) in [6.07, 6.45) is 1.69. The zero-order valence-electron chi connectivity index (χ0n) is 18.7. The number of guanidine groups is 1. The van der Waals surface area contributed by atoms with Gasteiger partial charge in [0.05, 0.1) is 20.8 Å². The lowest BCUT2D eigenvalue weighted by molar-refractivity contribution is 0.321. The Bertz CT molecular complexity index is 822. The minimum Gasteiger partial charge on any atom is -0.497 e. The Morgan fingerprint density at radius 2 is 2.00 bits per heavy atom. The summed E-state index contributed by atoms with van der Waals surface area (Å²) >= 11 is 0. The molecular weight excluding hydrogens is 511 g/mol. The normalized spacial score (nSPS) is 16.6. The molecule has 172 valence electrons. The van der Waals surface area contributed by atoms with Gasteiger partial charge in [-0.05, 0) is 38.0 Å². The molecule has 2 aromatic rings. The summed E-state index contributed by atoms with van der Waals surface area (Å²) in [5, 5.41) is 10.7. The molecule has 1 aromatic carbocycles. The van der Waals surface area contributed by atoms with Gasteiger partial charge in [-0.15, -0.1) is 24.0 Å². The second-order valence-corrected chi connectivity index (χ2v) is 7.33. The summed E-state index contributed by atoms with van der Waals surface area (Å²) in [6, 6.07) is 6.37. The number of aliphatic imine (C=N–C) groups is 1. The standard InChI is InChI=1S/C21H32N6O3.HI/c1-5-22-21(23-8-6-20-24-15(2)26-30-20)25-17-7-9-27(14-17)13-16-10-18(28-3)12-19(11-16)29-4;/h10-12,17H,5-9,13-14H2,1-4H3,(H2,22,23,25);1H. The molecule has 10 heteroatoms. The molecule has 3 rings (SSSR count). The molecule has 1 aliphatic heterocycles. The van der Waals surface area contributed by atoms with Crippen LogP contribution in [0.25, 0.3) is 0 Å². The molecule has 2 N–H and O–H groups in total. The van der Waals surface area contributed by atoms with Crippen molar-refractivity contribution in [1.29, 1.82) is 0 Å². The first-order valence-electron chi connectivity index (χ1n) is 10.4. The highest BCUT2D eigenvalue weighted by Gasteiger charge is 2.23. The second-order valence-electron chi connectivity index (χ2n) is 7.33. The van der Waals surface area contributed by atoms with Gasteiger partial charge in [0.15, 0.2) is 11.8 Å². The number of ether oxygens (including phenoxy) is 2. The largest absolute Gasteiger partial charge is 0.497 e. The monoisotopic (exact) mass is 544 g/mol. The van der Waals surface area contributed by atoms with Crippen LogP contribution >= 0.6 is 24.0 Å². The molecule has 1 aliphatic rings. The molecule has 0 aliphatic carbocycles. The highest BCUT2D eigenvalue weighted by Crippen LogP contribution is 2.24. The van der Waals surface area contributed by atoms with E-state index in [2.05, 4.69) is 49.7 Å². The highest BCUT2D eigenvalue weighted by molar-refractivity contribution is 14.0. The van der Waals surface area contributed by atoms with Gasteiger partial charge in [-0.1, -0.05) is 5.16 Å². The van der Waals surface area contributed by atoms with E-state index in [4.69, 9.17) is 14.0 Å². The van der Waals surface area contributed by atoms with E-state index in [1.165, 1.54) is 5.56 Å². The maximum Gasteiger partial charge on any atom is 0.228 e. The van der Waals surface area contributed by atoms with Crippen molar-refractivity contribution in [1.82, 2.24) is 25.7 Å². The van der Waals surface area contributed by atoms with Gasteiger partial charge in [0.2, 0.25) is 5.89 Å². The molecule has 1 fully saturated rings. The van der Waals surface area contributed by atoms with Gasteiger partial charge in [0, 0.05) is 44.7 Å². The number of nitrogens with zero attached hydrogens (tertiary/aromatic N) is 4. The first-order valence-corrected chi connectivity index (χ1v) is 10.4. The summed E-state index contributed by atoms with van der Waals surface area (Å²) in [6.45, 7) is 8.12. The van der Waals surface area contributed by atoms with Crippen LogP contribution in [-0.2, 0) is 13.0 Å². The predicted octanol–water partition coefficient (Wildman–Crippen LogP) is 2.39. The first-order chi connectivity index (χ1) is 14.6. The molecule has 1 saturated heterocycles. The van der Waals surface area contributed by atoms with Gasteiger partial charge >= 0.3 is 0 Å². The van der Waals surface area contributed by atoms with Gasteiger partial charge in [0.1, 0.15) is 11.5 Å². The number of rotatable bonds is 9. The van der Waals surface area contributed by atoms with Crippen molar-refractivity contribution in [2.45, 2.75) is 39.3 Å². The molecule has 1 unspecified atom stereocenters. The Hall–Kier alpha value is -2.08. The average molecular weight is 544 g/mol. The van der Waals surface area contributed by atoms with Crippen LogP contribution in [0.5, 0.6) is 11.5 Å². The minimum atomic E-state index is 0. The third-order valence-electron chi connectivity index (χ3n) is 4.94. The van der Waals surface area contributed by atoms with Crippen LogP contribution < -0.4 is 20.1 Å². The Kier molecular flexibility index (Phi) is 10.3. The van der Waals surface area contributed by atoms with E-state index in [-0.39, 0.29) is 24.0 Å². The zero-order chi connectivity index (χ0) is 21.3. The predicted molar refractivity (Wildman–Crippen MR) is 130 cm³/mol. The van der Waals surface area contributed by atoms with Crippen molar-refractivity contribution in [3.05, 3.63) is 35.5 Å². The molecule has 2 heterocycles. The number of benzene rings is 1. The number of likely N-dealkylation sites (tertiary alicyclic amines) is 1. The Labute approximate surface area is 201 Å². The lowest BCUT2D eigenvalue weighted by atomic mass is 10.2. The van der Waals surface area contributed by atoms with Crippen LogP contribution in [0.2, 0.25) is 0 Å². The van der Waals surface area contributed by atoms with E-state index in [0.29, 0.717) is 30.7 Å². The maximum absolute atomic E-state index is 5.38. The van der Waals surface area contributed by atoms with Gasteiger partial charge < -0.3 is 24.6 Å². The average Bonchev–Trinajstić information content (AvgIpc) is 3.36. The summed E-state index contributed by atoms with van der Waals surface area (Å²) in [7, 11) is 3.35. The number of aromatic nitrogens is 2. The van der Waals surface area contributed by atoms with E-state index < -0.39 is 0 Å². The lowest BCUT2D eigenvalue weighted by Gasteiger charge is -2.19. The zero-order valence-corrected chi connectivity index (χ0v) is 21.0. The second kappa shape index (κ2) is 12.7. The fraction of sp³-hybridized carbons (Fsp3) is 0.571. The summed E-state index contributed by atoms with van der Waals surface area (Å²) < 4.78 is 15.9. The van der Waals surface area contributed by atoms with Crippen molar-refractivity contribution >= 4 is 29.9 Å². The molecule has 0 bridgehead atoms. The van der Waals surface area contributed by atoms with Crippen LogP contribution in [0, 0.1) is 6.92 Å². The maximum atomic E-state index is 5.38. The quantitative estimate of drug-likeness (QED) is 0.282. The van der Waals surface area contributed by atoms with Crippen LogP contribution in [0.4, 0.5) is 0 Å². The van der Waals surface area contributed by atoms with Crippen molar-refractivity contribution < 1.29 is 14.0 Å². The molecular formula is C21H33IN6O3. The van der Waals surface area contributed by atoms with Crippen LogP contribution in [0.3, 0.4) is 0 Å². The van der Waals surface area contributed by atoms with Crippen LogP contribution in [-0.4, -0.2) is 67.4 Å². The molecule has 31 heavy (non-hydrogen) atoms. The fourth-order valence-corrected chi connectivity index (χ4v) is 3.53. The number of hydrogen-bond donors (Lipinski definition) is 2. The van der Waals surface area contributed by atoms with Crippen molar-refractivity contribution in [2.24, 2.45) is 4.99 Å². The van der Waals surface area contributed by atoms with Crippen LogP contribution in [0.1, 0.15) is 30.6 Å². The molecule has 9 nitrogen and oxygen atoms in total. The molecule has 1 atom stereocenters. The number of nitrogens with one attached hydrogen (secondary N) is 2. The minimum absolute atomic E-state index is 0. The molecule has 0 spiro atoms. The number of halogens is 1. The third kappa shape index (κ3) is 7.84. The van der Waals surface area contributed by atoms with E-state index in [1.807, 2.05) is 13.0 Å². The van der Waals surface area contributed by atoms with E-state index in [1.54, 1.807) is 14.2 Å². The van der Waals surface area contributed by atoms with Crippen LogP contribution in [0.15, 0.2) is 27.7 Å². The SMILES string of the molecule is CCNC(=NCCc1nc(C)no1)NC1CCN(Cc2cc(OC)cc(OC)c2)C1.I. The lowest BCUT2D eigenvalue weighted by Crippen LogP contribution is -2.44. The van der Waals surface area contributed by atoms with E-state index in [9.17, 15) is 0 Å². The molecule has 0 radical (unpaired) electrons. The summed E-state index contributed by atoms with van der Waals surface area (Å²) in [5.41, 5.74) is 1.18. The van der Waals surface area contributed by atoms with Crippen molar-refractivity contribution in [3.8, 4) is 11.5 Å². The topological polar surface area (TPSA) is 97.0 Å². The molecule has 1 aromatic heterocycles. The Morgan fingerprint density at radius 3 is 2.61 bits per heavy atom. The number of aryl methyl sites for hydroxylation is 1. The fourth-order valence-electron chi connectivity index (χ4n) is 3.53. The molecule has 0 saturated carbocycles. The third-order valence-corrected chi connectivity index (χ3v) is 4.94. The van der Waals surface area contributed by atoms with Gasteiger partial charge in [-0.2, -0.15) is 4.98 Å². The Morgan fingerprint density at radius 1 is 1.26 bits per heavy atom. The Balaban J connectivity index is 0.00000341. The van der Waals surface area contributed by atoms with Gasteiger partial charge in [-0.3, -0.25) is 9.89 Å². The molecule has 0 amide bonds. The number of hydrogen-bond acceptors (Lipinski definition) is 7. The van der Waals surface area contributed by atoms with E-state index in [0.717, 1.165) is 50.1 Å². The van der Waals surface area contributed by atoms with Gasteiger partial charge in [-0.25, -0.2) is 0 Å². The number of methoxy groups -OCH3 is 2. The van der Waals surface area contributed by atoms with E-state index >= 15 is 0 Å². The highest BCUT2D eigenvalue weighted by atomic mass is 127. The summed E-state index contributed by atoms with van der Waals surface area (Å²) in [5.74, 6) is 3.72.